The first-order chi connectivity index (χ1) is 9.87. The molecule has 1 heterocycles. The molecule has 1 aromatic rings. The molecule has 0 atom stereocenters. The number of hydrogen-bond donors (Lipinski definition) is 0. The largest absolute Gasteiger partial charge is 0.472 e. The molecule has 0 amide bonds. The number of carbonyl (C=O) groups excluding carboxylic acids is 1. The van der Waals surface area contributed by atoms with Crippen LogP contribution in [0.25, 0.3) is 0 Å². The van der Waals surface area contributed by atoms with Crippen molar-refractivity contribution in [3.8, 4) is 5.88 Å². The lowest BCUT2D eigenvalue weighted by atomic mass is 10.1. The van der Waals surface area contributed by atoms with Crippen molar-refractivity contribution in [3.05, 3.63) is 27.9 Å². The number of carbonyl (C=O) groups is 1. The van der Waals surface area contributed by atoms with Crippen LogP contribution in [0.1, 0.15) is 47.1 Å². The molecule has 0 aliphatic rings. The molecule has 0 aromatic carbocycles. The van der Waals surface area contributed by atoms with Crippen molar-refractivity contribution in [2.75, 3.05) is 0 Å². The molecular formula is C15H22N2O5. The van der Waals surface area contributed by atoms with Crippen LogP contribution in [-0.2, 0) is 16.0 Å². The third-order valence-corrected chi connectivity index (χ3v) is 2.30. The molecule has 1 rings (SSSR count). The maximum absolute atomic E-state index is 11.9. The molecule has 0 N–H and O–H groups in total. The molecule has 0 fully saturated rings. The van der Waals surface area contributed by atoms with E-state index in [2.05, 4.69) is 4.98 Å². The first-order valence-corrected chi connectivity index (χ1v) is 6.91. The molecule has 0 aliphatic heterocycles. The SMILES string of the molecule is CC(C)(C)OC(=O)Cc1cc(OC(C)(C)C)ncc1[N+](=O)[O-]. The number of ether oxygens (including phenoxy) is 2. The lowest BCUT2D eigenvalue weighted by Crippen LogP contribution is -2.25. The van der Waals surface area contributed by atoms with Gasteiger partial charge in [0.05, 0.1) is 11.3 Å². The van der Waals surface area contributed by atoms with Crippen LogP contribution in [0.4, 0.5) is 5.69 Å². The van der Waals surface area contributed by atoms with E-state index in [0.717, 1.165) is 6.20 Å². The van der Waals surface area contributed by atoms with E-state index in [1.54, 1.807) is 20.8 Å². The van der Waals surface area contributed by atoms with Gasteiger partial charge < -0.3 is 9.47 Å². The molecule has 0 saturated carbocycles. The molecule has 122 valence electrons. The lowest BCUT2D eigenvalue weighted by molar-refractivity contribution is -0.385. The van der Waals surface area contributed by atoms with Crippen molar-refractivity contribution in [3.63, 3.8) is 0 Å². The van der Waals surface area contributed by atoms with E-state index >= 15 is 0 Å². The predicted octanol–water partition coefficient (Wildman–Crippen LogP) is 3.05. The molecule has 0 aliphatic carbocycles. The number of esters is 1. The Kier molecular flexibility index (Phi) is 5.11. The van der Waals surface area contributed by atoms with Gasteiger partial charge in [0.2, 0.25) is 5.88 Å². The van der Waals surface area contributed by atoms with Crippen LogP contribution in [0.15, 0.2) is 12.3 Å². The molecule has 0 saturated heterocycles. The van der Waals surface area contributed by atoms with Gasteiger partial charge in [0, 0.05) is 11.6 Å². The van der Waals surface area contributed by atoms with E-state index in [4.69, 9.17) is 9.47 Å². The van der Waals surface area contributed by atoms with E-state index in [-0.39, 0.29) is 23.6 Å². The van der Waals surface area contributed by atoms with Crippen LogP contribution in [0.3, 0.4) is 0 Å². The molecule has 0 unspecified atom stereocenters. The second-order valence-corrected chi connectivity index (χ2v) is 6.89. The summed E-state index contributed by atoms with van der Waals surface area (Å²) < 4.78 is 10.8. The fourth-order valence-electron chi connectivity index (χ4n) is 1.68. The fourth-order valence-corrected chi connectivity index (χ4v) is 1.68. The highest BCUT2D eigenvalue weighted by atomic mass is 16.6. The third-order valence-electron chi connectivity index (χ3n) is 2.30. The first-order valence-electron chi connectivity index (χ1n) is 6.91. The Morgan fingerprint density at radius 1 is 1.23 bits per heavy atom. The number of rotatable bonds is 4. The van der Waals surface area contributed by atoms with E-state index in [9.17, 15) is 14.9 Å². The topological polar surface area (TPSA) is 91.6 Å². The summed E-state index contributed by atoms with van der Waals surface area (Å²) in [4.78, 5) is 26.3. The van der Waals surface area contributed by atoms with E-state index in [0.29, 0.717) is 0 Å². The Morgan fingerprint density at radius 2 is 1.82 bits per heavy atom. The van der Waals surface area contributed by atoms with Crippen molar-refractivity contribution in [1.82, 2.24) is 4.98 Å². The Balaban J connectivity index is 3.05. The smallest absolute Gasteiger partial charge is 0.311 e. The minimum Gasteiger partial charge on any atom is -0.472 e. The Morgan fingerprint density at radius 3 is 2.27 bits per heavy atom. The van der Waals surface area contributed by atoms with Crippen LogP contribution >= 0.6 is 0 Å². The van der Waals surface area contributed by atoms with Crippen LogP contribution in [0.2, 0.25) is 0 Å². The normalized spacial score (nSPS) is 11.9. The van der Waals surface area contributed by atoms with Gasteiger partial charge in [-0.25, -0.2) is 4.98 Å². The van der Waals surface area contributed by atoms with Crippen molar-refractivity contribution < 1.29 is 19.2 Å². The van der Waals surface area contributed by atoms with Gasteiger partial charge in [-0.3, -0.25) is 14.9 Å². The van der Waals surface area contributed by atoms with Crippen LogP contribution < -0.4 is 4.74 Å². The van der Waals surface area contributed by atoms with Gasteiger partial charge in [0.25, 0.3) is 5.69 Å². The summed E-state index contributed by atoms with van der Waals surface area (Å²) in [7, 11) is 0. The highest BCUT2D eigenvalue weighted by molar-refractivity contribution is 5.74. The summed E-state index contributed by atoms with van der Waals surface area (Å²) >= 11 is 0. The van der Waals surface area contributed by atoms with Crippen molar-refractivity contribution in [2.24, 2.45) is 0 Å². The van der Waals surface area contributed by atoms with Gasteiger partial charge in [-0.15, -0.1) is 0 Å². The van der Waals surface area contributed by atoms with Gasteiger partial charge in [-0.1, -0.05) is 0 Å². The average Bonchev–Trinajstić information content (AvgIpc) is 2.23. The summed E-state index contributed by atoms with van der Waals surface area (Å²) in [6.45, 7) is 10.7. The van der Waals surface area contributed by atoms with Crippen LogP contribution in [0, 0.1) is 10.1 Å². The Bertz CT molecular complexity index is 570. The summed E-state index contributed by atoms with van der Waals surface area (Å²) in [6.07, 6.45) is 0.886. The monoisotopic (exact) mass is 310 g/mol. The number of aromatic nitrogens is 1. The molecule has 1 aromatic heterocycles. The molecule has 7 heteroatoms. The fraction of sp³-hybridized carbons (Fsp3) is 0.600. The lowest BCUT2D eigenvalue weighted by Gasteiger charge is -2.21. The van der Waals surface area contributed by atoms with Gasteiger partial charge in [0.1, 0.15) is 17.4 Å². The highest BCUT2D eigenvalue weighted by Gasteiger charge is 2.23. The molecule has 0 radical (unpaired) electrons. The van der Waals surface area contributed by atoms with Crippen LogP contribution in [-0.4, -0.2) is 27.1 Å². The zero-order valence-corrected chi connectivity index (χ0v) is 13.8. The average molecular weight is 310 g/mol. The summed E-state index contributed by atoms with van der Waals surface area (Å²) in [5.41, 5.74) is -1.16. The maximum Gasteiger partial charge on any atom is 0.311 e. The molecule has 0 bridgehead atoms. The minimum atomic E-state index is -0.649. The summed E-state index contributed by atoms with van der Waals surface area (Å²) in [5.74, 6) is -0.305. The van der Waals surface area contributed by atoms with Gasteiger partial charge in [0.15, 0.2) is 0 Å². The first kappa shape index (κ1) is 17.9. The number of nitrogens with zero attached hydrogens (tertiary/aromatic N) is 2. The second-order valence-electron chi connectivity index (χ2n) is 6.89. The quantitative estimate of drug-likeness (QED) is 0.482. The predicted molar refractivity (Wildman–Crippen MR) is 80.8 cm³/mol. The number of pyridine rings is 1. The third kappa shape index (κ3) is 6.07. The van der Waals surface area contributed by atoms with Gasteiger partial charge in [-0.2, -0.15) is 0 Å². The zero-order chi connectivity index (χ0) is 17.1. The molecule has 7 nitrogen and oxygen atoms in total. The van der Waals surface area contributed by atoms with Crippen molar-refractivity contribution in [1.29, 1.82) is 0 Å². The number of nitro groups is 1. The van der Waals surface area contributed by atoms with Crippen LogP contribution in [0.5, 0.6) is 5.88 Å². The minimum absolute atomic E-state index is 0.212. The second kappa shape index (κ2) is 6.29. The van der Waals surface area contributed by atoms with E-state index in [1.807, 2.05) is 20.8 Å². The highest BCUT2D eigenvalue weighted by Crippen LogP contribution is 2.25. The summed E-state index contributed by atoms with van der Waals surface area (Å²) in [6, 6.07) is 1.41. The molecule has 22 heavy (non-hydrogen) atoms. The summed E-state index contributed by atoms with van der Waals surface area (Å²) in [5, 5.41) is 11.1. The van der Waals surface area contributed by atoms with Crippen molar-refractivity contribution >= 4 is 11.7 Å². The molecular weight excluding hydrogens is 288 g/mol. The van der Waals surface area contributed by atoms with E-state index in [1.165, 1.54) is 6.07 Å². The Labute approximate surface area is 129 Å². The standard InChI is InChI=1S/C15H22N2O5/c1-14(2,3)21-12-7-10(11(9-16-12)17(19)20)8-13(18)22-15(4,5)6/h7,9H,8H2,1-6H3. The zero-order valence-electron chi connectivity index (χ0n) is 13.8. The Hall–Kier alpha value is -2.18. The molecule has 0 spiro atoms. The van der Waals surface area contributed by atoms with Crippen molar-refractivity contribution in [2.45, 2.75) is 59.2 Å². The number of hydrogen-bond acceptors (Lipinski definition) is 6. The van der Waals surface area contributed by atoms with Gasteiger partial charge >= 0.3 is 5.97 Å². The maximum atomic E-state index is 11.9. The van der Waals surface area contributed by atoms with E-state index < -0.39 is 22.1 Å². The van der Waals surface area contributed by atoms with Gasteiger partial charge in [-0.05, 0) is 41.5 Å².